The van der Waals surface area contributed by atoms with Gasteiger partial charge in [0.05, 0.1) is 6.54 Å². The lowest BCUT2D eigenvalue weighted by molar-refractivity contribution is -0.130. The van der Waals surface area contributed by atoms with Gasteiger partial charge in [0.2, 0.25) is 5.91 Å². The number of hydrogen-bond acceptors (Lipinski definition) is 6. The second-order valence-corrected chi connectivity index (χ2v) is 9.15. The normalized spacial score (nSPS) is 13.4. The maximum Gasteiger partial charge on any atom is 0.267 e. The molecule has 1 atom stereocenters. The zero-order valence-electron chi connectivity index (χ0n) is 21.4. The van der Waals surface area contributed by atoms with Crippen molar-refractivity contribution in [2.75, 3.05) is 25.5 Å². The fourth-order valence-corrected chi connectivity index (χ4v) is 4.18. The summed E-state index contributed by atoms with van der Waals surface area (Å²) in [7, 11) is 2.01. The molecular weight excluding hydrogens is 494 g/mol. The van der Waals surface area contributed by atoms with Crippen LogP contribution in [-0.4, -0.2) is 60.0 Å². The lowest BCUT2D eigenvalue weighted by Crippen LogP contribution is -2.50. The molecule has 1 saturated carbocycles. The first-order valence-corrected chi connectivity index (χ1v) is 12.6. The predicted molar refractivity (Wildman–Crippen MR) is 152 cm³/mol. The molecule has 0 saturated heterocycles. The molecule has 3 rings (SSSR count). The quantitative estimate of drug-likeness (QED) is 0.202. The van der Waals surface area contributed by atoms with Crippen molar-refractivity contribution in [3.05, 3.63) is 65.2 Å². The van der Waals surface area contributed by atoms with Gasteiger partial charge in [0.1, 0.15) is 6.04 Å². The Bertz CT molecular complexity index is 1230. The van der Waals surface area contributed by atoms with E-state index in [1.54, 1.807) is 24.3 Å². The first-order chi connectivity index (χ1) is 18.4. The monoisotopic (exact) mass is 531 g/mol. The molecule has 2 aromatic rings. The number of benzene rings is 2. The second kappa shape index (κ2) is 16.0. The number of nitrogens with one attached hydrogen (secondary N) is 3. The van der Waals surface area contributed by atoms with Gasteiger partial charge >= 0.3 is 0 Å². The Morgan fingerprint density at radius 1 is 0.974 bits per heavy atom. The average molecular weight is 532 g/mol. The van der Waals surface area contributed by atoms with Crippen LogP contribution >= 0.6 is 0 Å². The summed E-state index contributed by atoms with van der Waals surface area (Å²) >= 11 is 0. The molecule has 1 aliphatic carbocycles. The van der Waals surface area contributed by atoms with E-state index in [9.17, 15) is 14.4 Å². The van der Waals surface area contributed by atoms with Gasteiger partial charge in [-0.05, 0) is 80.3 Å². The minimum Gasteiger partial charge on any atom is -0.339 e. The summed E-state index contributed by atoms with van der Waals surface area (Å²) in [5.41, 5.74) is 9.38. The van der Waals surface area contributed by atoms with Crippen LogP contribution in [0.1, 0.15) is 61.0 Å². The molecule has 206 valence electrons. The van der Waals surface area contributed by atoms with E-state index in [4.69, 9.17) is 10.9 Å². The second-order valence-electron chi connectivity index (χ2n) is 9.15. The molecule has 1 fully saturated rings. The first-order valence-electron chi connectivity index (χ1n) is 12.6. The summed E-state index contributed by atoms with van der Waals surface area (Å²) in [4.78, 5) is 38.2. The number of hydroxylamine groups is 1. The summed E-state index contributed by atoms with van der Waals surface area (Å²) in [5.74, 6) is 10.1. The van der Waals surface area contributed by atoms with Gasteiger partial charge in [-0.1, -0.05) is 38.5 Å². The summed E-state index contributed by atoms with van der Waals surface area (Å²) < 4.78 is 0. The lowest BCUT2D eigenvalue weighted by Gasteiger charge is -2.30. The van der Waals surface area contributed by atoms with Crippen LogP contribution in [0.2, 0.25) is 0 Å². The van der Waals surface area contributed by atoms with Crippen molar-refractivity contribution in [2.24, 2.45) is 5.73 Å². The Hall–Kier alpha value is -4.15. The van der Waals surface area contributed by atoms with E-state index in [0.29, 0.717) is 23.7 Å². The number of hydrogen-bond donors (Lipinski definition) is 5. The molecule has 2 aromatic carbocycles. The van der Waals surface area contributed by atoms with Crippen LogP contribution < -0.4 is 21.8 Å². The standard InChI is InChI=1S/C29H33N5O4.CH4/c1-34(25-9-3-2-4-10-25)20-27(35)31-24-17-13-22(14-18-24)8-6-5-7-21-11-15-23(16-12-21)28(36)32-26(19-30)29(37)33-38;/h11-18,25-26,38H,2-4,9-10,19-20,30H2,1H3,(H,31,35)(H,32,36)(H,33,37);1H4/t26-;/m0./s1. The van der Waals surface area contributed by atoms with Gasteiger partial charge < -0.3 is 16.4 Å². The first kappa shape index (κ1) is 31.1. The Morgan fingerprint density at radius 3 is 2.08 bits per heavy atom. The van der Waals surface area contributed by atoms with Gasteiger partial charge in [-0.2, -0.15) is 0 Å². The molecule has 0 radical (unpaired) electrons. The van der Waals surface area contributed by atoms with Crippen LogP contribution in [0.3, 0.4) is 0 Å². The Labute approximate surface area is 230 Å². The topological polar surface area (TPSA) is 137 Å². The van der Waals surface area contributed by atoms with Crippen LogP contribution in [-0.2, 0) is 9.59 Å². The van der Waals surface area contributed by atoms with E-state index in [-0.39, 0.29) is 19.9 Å². The predicted octanol–water partition coefficient (Wildman–Crippen LogP) is 2.49. The van der Waals surface area contributed by atoms with Gasteiger partial charge in [-0.25, -0.2) is 5.48 Å². The lowest BCUT2D eigenvalue weighted by atomic mass is 9.94. The smallest absolute Gasteiger partial charge is 0.267 e. The van der Waals surface area contributed by atoms with Crippen molar-refractivity contribution in [2.45, 2.75) is 51.6 Å². The molecule has 9 nitrogen and oxygen atoms in total. The Balaban J connectivity index is 0.00000533. The minimum atomic E-state index is -1.04. The number of amides is 3. The van der Waals surface area contributed by atoms with Crippen molar-refractivity contribution < 1.29 is 19.6 Å². The number of carbonyl (C=O) groups excluding carboxylic acids is 3. The van der Waals surface area contributed by atoms with Crippen LogP contribution in [0.4, 0.5) is 5.69 Å². The highest BCUT2D eigenvalue weighted by molar-refractivity contribution is 5.97. The van der Waals surface area contributed by atoms with Gasteiger partial charge in [0, 0.05) is 35.0 Å². The van der Waals surface area contributed by atoms with Crippen LogP contribution in [0.15, 0.2) is 48.5 Å². The van der Waals surface area contributed by atoms with Crippen molar-refractivity contribution in [1.82, 2.24) is 15.7 Å². The molecule has 0 unspecified atom stereocenters. The van der Waals surface area contributed by atoms with E-state index < -0.39 is 17.9 Å². The average Bonchev–Trinajstić information content (AvgIpc) is 2.95. The SMILES string of the molecule is C.CN(CC(=O)Nc1ccc(C#CC#Cc2ccc(C(=O)N[C@@H](CN)C(=O)NO)cc2)cc1)C1CCCCC1. The van der Waals surface area contributed by atoms with Gasteiger partial charge in [-0.3, -0.25) is 24.5 Å². The molecule has 3 amide bonds. The van der Waals surface area contributed by atoms with Gasteiger partial charge in [-0.15, -0.1) is 0 Å². The highest BCUT2D eigenvalue weighted by Crippen LogP contribution is 2.21. The number of anilines is 1. The van der Waals surface area contributed by atoms with E-state index in [1.807, 2.05) is 31.3 Å². The molecular formula is C30H37N5O4. The van der Waals surface area contributed by atoms with E-state index in [1.165, 1.54) is 24.7 Å². The van der Waals surface area contributed by atoms with Crippen molar-refractivity contribution in [1.29, 1.82) is 0 Å². The highest BCUT2D eigenvalue weighted by Gasteiger charge is 2.20. The molecule has 0 heterocycles. The Kier molecular flexibility index (Phi) is 12.7. The molecule has 0 spiro atoms. The molecule has 1 aliphatic rings. The van der Waals surface area contributed by atoms with E-state index >= 15 is 0 Å². The number of nitrogens with two attached hydrogens (primary N) is 1. The third-order valence-electron chi connectivity index (χ3n) is 6.35. The third-order valence-corrected chi connectivity index (χ3v) is 6.35. The minimum absolute atomic E-state index is 0. The number of likely N-dealkylation sites (N-methyl/N-ethyl adjacent to an activating group) is 1. The third kappa shape index (κ3) is 9.91. The van der Waals surface area contributed by atoms with Crippen LogP contribution in [0.25, 0.3) is 0 Å². The van der Waals surface area contributed by atoms with E-state index in [2.05, 4.69) is 39.2 Å². The Morgan fingerprint density at radius 2 is 1.54 bits per heavy atom. The van der Waals surface area contributed by atoms with Crippen LogP contribution in [0, 0.1) is 23.7 Å². The zero-order chi connectivity index (χ0) is 27.3. The van der Waals surface area contributed by atoms with Crippen molar-refractivity contribution in [3.8, 4) is 23.7 Å². The maximum atomic E-state index is 12.4. The summed E-state index contributed by atoms with van der Waals surface area (Å²) in [6, 6.07) is 13.2. The van der Waals surface area contributed by atoms with Crippen molar-refractivity contribution in [3.63, 3.8) is 0 Å². The molecule has 39 heavy (non-hydrogen) atoms. The largest absolute Gasteiger partial charge is 0.339 e. The molecule has 0 aliphatic heterocycles. The number of nitrogens with zero attached hydrogens (tertiary/aromatic N) is 1. The molecule has 0 aromatic heterocycles. The number of rotatable bonds is 8. The van der Waals surface area contributed by atoms with E-state index in [0.717, 1.165) is 24.1 Å². The summed E-state index contributed by atoms with van der Waals surface area (Å²) in [6.45, 7) is 0.220. The summed E-state index contributed by atoms with van der Waals surface area (Å²) in [6.07, 6.45) is 6.08. The van der Waals surface area contributed by atoms with Crippen molar-refractivity contribution >= 4 is 23.4 Å². The zero-order valence-corrected chi connectivity index (χ0v) is 21.4. The highest BCUT2D eigenvalue weighted by atomic mass is 16.5. The fraction of sp³-hybridized carbons (Fsp3) is 0.367. The molecule has 9 heteroatoms. The summed E-state index contributed by atoms with van der Waals surface area (Å²) in [5, 5.41) is 14.1. The number of carbonyl (C=O) groups is 3. The van der Waals surface area contributed by atoms with Crippen LogP contribution in [0.5, 0.6) is 0 Å². The van der Waals surface area contributed by atoms with Gasteiger partial charge in [0.15, 0.2) is 0 Å². The maximum absolute atomic E-state index is 12.4. The molecule has 6 N–H and O–H groups in total. The van der Waals surface area contributed by atoms with Gasteiger partial charge in [0.25, 0.3) is 11.8 Å². The fourth-order valence-electron chi connectivity index (χ4n) is 4.18. The molecule has 0 bridgehead atoms.